The van der Waals surface area contributed by atoms with E-state index < -0.39 is 6.04 Å². The molecule has 5 rings (SSSR count). The van der Waals surface area contributed by atoms with E-state index in [9.17, 15) is 9.59 Å². The number of halogens is 1. The molecule has 3 aliphatic heterocycles. The summed E-state index contributed by atoms with van der Waals surface area (Å²) in [5.41, 5.74) is 1.98. The number of fused-ring (bicyclic) bond motifs is 3. The molecule has 0 radical (unpaired) electrons. The Morgan fingerprint density at radius 3 is 2.45 bits per heavy atom. The van der Waals surface area contributed by atoms with E-state index in [1.54, 1.807) is 11.9 Å². The Labute approximate surface area is 187 Å². The molecule has 0 spiro atoms. The Morgan fingerprint density at radius 2 is 1.74 bits per heavy atom. The van der Waals surface area contributed by atoms with Crippen molar-refractivity contribution in [2.24, 2.45) is 5.92 Å². The van der Waals surface area contributed by atoms with Crippen molar-refractivity contribution >= 4 is 29.2 Å². The minimum Gasteiger partial charge on any atom is -0.343 e. The molecule has 3 fully saturated rings. The topological polar surface area (TPSA) is 59.1 Å². The highest BCUT2D eigenvalue weighted by Gasteiger charge is 2.56. The van der Waals surface area contributed by atoms with Crippen molar-refractivity contribution in [1.82, 2.24) is 20.0 Å². The van der Waals surface area contributed by atoms with Gasteiger partial charge in [-0.1, -0.05) is 48.9 Å². The Balaban J connectivity index is 1.46. The zero-order valence-electron chi connectivity index (χ0n) is 17.6. The van der Waals surface area contributed by atoms with Crippen LogP contribution in [0.25, 0.3) is 0 Å². The summed E-state index contributed by atoms with van der Waals surface area (Å²) in [6, 6.07) is 16.7. The van der Waals surface area contributed by atoms with E-state index in [1.165, 1.54) is 4.90 Å². The summed E-state index contributed by atoms with van der Waals surface area (Å²) in [6.45, 7) is 4.11. The molecule has 2 aromatic rings. The van der Waals surface area contributed by atoms with Gasteiger partial charge in [0.1, 0.15) is 18.5 Å². The molecule has 1 N–H and O–H groups in total. The number of amides is 3. The molecule has 3 heterocycles. The van der Waals surface area contributed by atoms with Crippen LogP contribution in [0, 0.1) is 5.92 Å². The zero-order chi connectivity index (χ0) is 21.7. The average Bonchev–Trinajstić information content (AvgIpc) is 3.15. The van der Waals surface area contributed by atoms with E-state index in [0.29, 0.717) is 10.9 Å². The van der Waals surface area contributed by atoms with Crippen LogP contribution in [0.1, 0.15) is 12.5 Å². The molecule has 7 nitrogen and oxygen atoms in total. The number of hydrogen-bond acceptors (Lipinski definition) is 5. The first-order chi connectivity index (χ1) is 14.9. The molecule has 4 atom stereocenters. The SMILES string of the molecule is CC1CN(c2ccc(Cl)cc2)C2NC3C(C(=O)N(Cc4ccccc4)C(=O)N3C)N2C1. The van der Waals surface area contributed by atoms with E-state index in [4.69, 9.17) is 11.6 Å². The van der Waals surface area contributed by atoms with Crippen LogP contribution in [0.3, 0.4) is 0 Å². The summed E-state index contributed by atoms with van der Waals surface area (Å²) in [5, 5.41) is 4.24. The van der Waals surface area contributed by atoms with Crippen LogP contribution in [0.15, 0.2) is 54.6 Å². The number of nitrogens with one attached hydrogen (secondary N) is 1. The Morgan fingerprint density at radius 1 is 1.03 bits per heavy atom. The van der Waals surface area contributed by atoms with Gasteiger partial charge in [-0.2, -0.15) is 0 Å². The zero-order valence-corrected chi connectivity index (χ0v) is 18.4. The van der Waals surface area contributed by atoms with Gasteiger partial charge in [-0.25, -0.2) is 4.79 Å². The first-order valence-electron chi connectivity index (χ1n) is 10.6. The van der Waals surface area contributed by atoms with Gasteiger partial charge < -0.3 is 9.80 Å². The molecule has 2 aromatic carbocycles. The molecule has 0 saturated carbocycles. The van der Waals surface area contributed by atoms with Crippen molar-refractivity contribution in [3.8, 4) is 0 Å². The number of nitrogens with zero attached hydrogens (tertiary/aromatic N) is 4. The molecule has 0 aliphatic carbocycles. The van der Waals surface area contributed by atoms with Crippen molar-refractivity contribution in [3.05, 3.63) is 65.2 Å². The predicted octanol–water partition coefficient (Wildman–Crippen LogP) is 2.77. The van der Waals surface area contributed by atoms with E-state index >= 15 is 0 Å². The van der Waals surface area contributed by atoms with Crippen LogP contribution in [0.5, 0.6) is 0 Å². The van der Waals surface area contributed by atoms with Crippen LogP contribution in [-0.2, 0) is 11.3 Å². The van der Waals surface area contributed by atoms with Crippen LogP contribution in [-0.4, -0.2) is 65.3 Å². The lowest BCUT2D eigenvalue weighted by Gasteiger charge is -2.46. The van der Waals surface area contributed by atoms with E-state index in [-0.39, 0.29) is 30.9 Å². The van der Waals surface area contributed by atoms with Crippen LogP contribution >= 0.6 is 11.6 Å². The van der Waals surface area contributed by atoms with Gasteiger partial charge >= 0.3 is 6.03 Å². The second kappa shape index (κ2) is 7.82. The van der Waals surface area contributed by atoms with Crippen molar-refractivity contribution in [3.63, 3.8) is 0 Å². The smallest absolute Gasteiger partial charge is 0.328 e. The molecule has 162 valence electrons. The van der Waals surface area contributed by atoms with Crippen LogP contribution < -0.4 is 10.2 Å². The molecule has 8 heteroatoms. The standard InChI is InChI=1S/C23H26ClN5O2/c1-15-12-27(18-10-8-17(24)9-11-18)22-25-20-19(28(22)13-15)21(30)29(23(31)26(20)2)14-16-6-4-3-5-7-16/h3-11,15,19-20,22,25H,12-14H2,1-2H3. The maximum atomic E-state index is 13.6. The molecule has 3 amide bonds. The number of urea groups is 1. The number of hydrogen-bond donors (Lipinski definition) is 1. The third-order valence-corrected chi connectivity index (χ3v) is 6.68. The van der Waals surface area contributed by atoms with Gasteiger partial charge in [0, 0.05) is 30.8 Å². The maximum absolute atomic E-state index is 13.6. The molecule has 31 heavy (non-hydrogen) atoms. The fraction of sp³-hybridized carbons (Fsp3) is 0.391. The fourth-order valence-corrected chi connectivity index (χ4v) is 5.09. The monoisotopic (exact) mass is 439 g/mol. The quantitative estimate of drug-likeness (QED) is 0.797. The summed E-state index contributed by atoms with van der Waals surface area (Å²) >= 11 is 6.09. The minimum atomic E-state index is -0.422. The highest BCUT2D eigenvalue weighted by atomic mass is 35.5. The third kappa shape index (κ3) is 3.46. The van der Waals surface area contributed by atoms with Gasteiger partial charge in [0.25, 0.3) is 5.91 Å². The summed E-state index contributed by atoms with van der Waals surface area (Å²) in [6.07, 6.45) is -0.527. The number of anilines is 1. The van der Waals surface area contributed by atoms with Gasteiger partial charge in [-0.05, 0) is 35.7 Å². The molecule has 4 unspecified atom stereocenters. The lowest BCUT2D eigenvalue weighted by Crippen LogP contribution is -2.66. The summed E-state index contributed by atoms with van der Waals surface area (Å²) in [5.74, 6) is 0.225. The van der Waals surface area contributed by atoms with Crippen molar-refractivity contribution < 1.29 is 9.59 Å². The molecular weight excluding hydrogens is 414 g/mol. The first-order valence-corrected chi connectivity index (χ1v) is 11.0. The molecule has 0 aromatic heterocycles. The molecule has 3 saturated heterocycles. The lowest BCUT2D eigenvalue weighted by atomic mass is 10.0. The van der Waals surface area contributed by atoms with Gasteiger partial charge in [-0.15, -0.1) is 0 Å². The van der Waals surface area contributed by atoms with Crippen molar-refractivity contribution in [2.75, 3.05) is 25.0 Å². The molecular formula is C23H26ClN5O2. The summed E-state index contributed by atoms with van der Waals surface area (Å²) < 4.78 is 0. The Kier molecular flexibility index (Phi) is 5.12. The number of benzene rings is 2. The van der Waals surface area contributed by atoms with E-state index in [2.05, 4.69) is 22.0 Å². The fourth-order valence-electron chi connectivity index (χ4n) is 4.96. The third-order valence-electron chi connectivity index (χ3n) is 6.43. The second-order valence-corrected chi connectivity index (χ2v) is 9.10. The summed E-state index contributed by atoms with van der Waals surface area (Å²) in [4.78, 5) is 34.2. The highest BCUT2D eigenvalue weighted by Crippen LogP contribution is 2.35. The number of imide groups is 1. The van der Waals surface area contributed by atoms with Crippen LogP contribution in [0.4, 0.5) is 10.5 Å². The molecule has 0 bridgehead atoms. The van der Waals surface area contributed by atoms with Crippen molar-refractivity contribution in [1.29, 1.82) is 0 Å². The molecule has 3 aliphatic rings. The van der Waals surface area contributed by atoms with Crippen LogP contribution in [0.2, 0.25) is 5.02 Å². The van der Waals surface area contributed by atoms with E-state index in [0.717, 1.165) is 24.3 Å². The number of likely N-dealkylation sites (N-methyl/N-ethyl adjacent to an activating group) is 1. The predicted molar refractivity (Wildman–Crippen MR) is 119 cm³/mol. The average molecular weight is 440 g/mol. The highest BCUT2D eigenvalue weighted by molar-refractivity contribution is 6.30. The van der Waals surface area contributed by atoms with Gasteiger partial charge in [0.2, 0.25) is 0 Å². The lowest BCUT2D eigenvalue weighted by molar-refractivity contribution is -0.139. The largest absolute Gasteiger partial charge is 0.343 e. The summed E-state index contributed by atoms with van der Waals surface area (Å²) in [7, 11) is 1.77. The first kappa shape index (κ1) is 20.3. The maximum Gasteiger partial charge on any atom is 0.328 e. The Bertz CT molecular complexity index is 985. The number of carbonyl (C=O) groups excluding carboxylic acids is 2. The van der Waals surface area contributed by atoms with E-state index in [1.807, 2.05) is 54.6 Å². The normalized spacial score (nSPS) is 28.7. The van der Waals surface area contributed by atoms with Gasteiger partial charge in [-0.3, -0.25) is 19.9 Å². The minimum absolute atomic E-state index is 0.142. The van der Waals surface area contributed by atoms with Gasteiger partial charge in [0.05, 0.1) is 6.54 Å². The number of carbonyl (C=O) groups is 2. The van der Waals surface area contributed by atoms with Gasteiger partial charge in [0.15, 0.2) is 0 Å². The van der Waals surface area contributed by atoms with Crippen molar-refractivity contribution in [2.45, 2.75) is 32.0 Å². The number of rotatable bonds is 3. The second-order valence-electron chi connectivity index (χ2n) is 8.66. The Hall–Kier alpha value is -2.61.